The number of halogens is 1. The average molecular weight is 399 g/mol. The number of amides is 2. The molecule has 2 N–H and O–H groups in total. The molecule has 8 heteroatoms. The smallest absolute Gasteiger partial charge is 0.273 e. The highest BCUT2D eigenvalue weighted by molar-refractivity contribution is 5.93. The van der Waals surface area contributed by atoms with Crippen LogP contribution in [0.15, 0.2) is 24.5 Å². The second-order valence-corrected chi connectivity index (χ2v) is 7.63. The van der Waals surface area contributed by atoms with E-state index in [0.717, 1.165) is 32.1 Å². The summed E-state index contributed by atoms with van der Waals surface area (Å²) in [4.78, 5) is 37.2. The highest BCUT2D eigenvalue weighted by atomic mass is 19.1. The molecule has 2 heterocycles. The minimum Gasteiger partial charge on any atom is -0.351 e. The Morgan fingerprint density at radius 2 is 1.79 bits per heavy atom. The van der Waals surface area contributed by atoms with Crippen molar-refractivity contribution in [2.24, 2.45) is 0 Å². The second-order valence-electron chi connectivity index (χ2n) is 7.63. The minimum atomic E-state index is -0.634. The van der Waals surface area contributed by atoms with E-state index in [0.29, 0.717) is 24.4 Å². The van der Waals surface area contributed by atoms with Gasteiger partial charge in [-0.15, -0.1) is 0 Å². The molecule has 0 bridgehead atoms. The van der Waals surface area contributed by atoms with Crippen LogP contribution in [-0.4, -0.2) is 38.8 Å². The molecule has 1 aliphatic rings. The van der Waals surface area contributed by atoms with Crippen LogP contribution in [0.5, 0.6) is 0 Å². The van der Waals surface area contributed by atoms with Crippen molar-refractivity contribution in [2.75, 3.05) is 6.54 Å². The number of carbonyl (C=O) groups is 2. The molecule has 0 radical (unpaired) electrons. The maximum Gasteiger partial charge on any atom is 0.273 e. The largest absolute Gasteiger partial charge is 0.351 e. The summed E-state index contributed by atoms with van der Waals surface area (Å²) in [7, 11) is 0. The lowest BCUT2D eigenvalue weighted by atomic mass is 9.79. The van der Waals surface area contributed by atoms with Crippen molar-refractivity contribution in [3.63, 3.8) is 0 Å². The van der Waals surface area contributed by atoms with E-state index in [4.69, 9.17) is 0 Å². The van der Waals surface area contributed by atoms with Gasteiger partial charge in [0.1, 0.15) is 5.69 Å². The Labute approximate surface area is 169 Å². The Morgan fingerprint density at radius 1 is 1.03 bits per heavy atom. The fraction of sp³-hybridized carbons (Fsp3) is 0.476. The first-order chi connectivity index (χ1) is 13.9. The zero-order chi connectivity index (χ0) is 20.9. The van der Waals surface area contributed by atoms with Gasteiger partial charge in [0, 0.05) is 24.0 Å². The molecule has 0 saturated heterocycles. The summed E-state index contributed by atoms with van der Waals surface area (Å²) in [5, 5.41) is 5.87. The van der Waals surface area contributed by atoms with E-state index < -0.39 is 17.3 Å². The summed E-state index contributed by atoms with van der Waals surface area (Å²) in [6.45, 7) is 3.86. The topological polar surface area (TPSA) is 96.9 Å². The Bertz CT molecular complexity index is 896. The Balaban J connectivity index is 1.66. The number of nitrogens with one attached hydrogen (secondary N) is 2. The molecular weight excluding hydrogens is 373 g/mol. The lowest BCUT2D eigenvalue weighted by molar-refractivity contribution is 0.0846. The molecule has 0 aromatic carbocycles. The molecule has 2 aromatic heterocycles. The fourth-order valence-corrected chi connectivity index (χ4v) is 3.74. The van der Waals surface area contributed by atoms with Crippen LogP contribution < -0.4 is 10.6 Å². The highest BCUT2D eigenvalue weighted by Gasteiger charge is 2.34. The molecule has 7 nitrogen and oxygen atoms in total. The molecule has 0 aliphatic heterocycles. The average Bonchev–Trinajstić information content (AvgIpc) is 2.70. The van der Waals surface area contributed by atoms with Crippen molar-refractivity contribution < 1.29 is 14.0 Å². The van der Waals surface area contributed by atoms with Crippen LogP contribution in [0.1, 0.15) is 70.9 Å². The molecule has 2 amide bonds. The van der Waals surface area contributed by atoms with Gasteiger partial charge in [-0.1, -0.05) is 19.3 Å². The monoisotopic (exact) mass is 399 g/mol. The van der Waals surface area contributed by atoms with Crippen molar-refractivity contribution in [1.82, 2.24) is 25.6 Å². The molecule has 2 aromatic rings. The van der Waals surface area contributed by atoms with E-state index in [1.165, 1.54) is 18.3 Å². The van der Waals surface area contributed by atoms with Crippen LogP contribution in [-0.2, 0) is 0 Å². The summed E-state index contributed by atoms with van der Waals surface area (Å²) in [5.41, 5.74) is 0.840. The first-order valence-electron chi connectivity index (χ1n) is 9.91. The molecule has 3 rings (SSSR count). The molecule has 29 heavy (non-hydrogen) atoms. The van der Waals surface area contributed by atoms with Crippen molar-refractivity contribution in [2.45, 2.75) is 57.9 Å². The van der Waals surface area contributed by atoms with Gasteiger partial charge in [-0.05, 0) is 45.2 Å². The van der Waals surface area contributed by atoms with Crippen LogP contribution in [0, 0.1) is 19.7 Å². The van der Waals surface area contributed by atoms with Gasteiger partial charge in [-0.3, -0.25) is 14.6 Å². The first kappa shape index (κ1) is 20.8. The Morgan fingerprint density at radius 3 is 2.52 bits per heavy atom. The summed E-state index contributed by atoms with van der Waals surface area (Å²) in [6.07, 6.45) is 8.17. The summed E-state index contributed by atoms with van der Waals surface area (Å²) in [6, 6.07) is 2.79. The van der Waals surface area contributed by atoms with Crippen molar-refractivity contribution in [3.8, 4) is 0 Å². The van der Waals surface area contributed by atoms with E-state index in [2.05, 4.69) is 25.6 Å². The predicted octanol–water partition coefficient (Wildman–Crippen LogP) is 2.88. The van der Waals surface area contributed by atoms with Gasteiger partial charge in [0.15, 0.2) is 11.5 Å². The molecule has 0 atom stereocenters. The Kier molecular flexibility index (Phi) is 6.51. The lowest BCUT2D eigenvalue weighted by Gasteiger charge is -2.38. The minimum absolute atomic E-state index is 0.186. The zero-order valence-electron chi connectivity index (χ0n) is 16.8. The van der Waals surface area contributed by atoms with Crippen LogP contribution >= 0.6 is 0 Å². The van der Waals surface area contributed by atoms with Crippen molar-refractivity contribution in [1.29, 1.82) is 0 Å². The molecule has 0 spiro atoms. The van der Waals surface area contributed by atoms with Crippen LogP contribution in [0.3, 0.4) is 0 Å². The number of nitrogens with zero attached hydrogens (tertiary/aromatic N) is 3. The number of aromatic nitrogens is 3. The van der Waals surface area contributed by atoms with Gasteiger partial charge in [0.2, 0.25) is 0 Å². The van der Waals surface area contributed by atoms with Gasteiger partial charge in [0.05, 0.1) is 11.9 Å². The van der Waals surface area contributed by atoms with Crippen molar-refractivity contribution >= 4 is 11.8 Å². The van der Waals surface area contributed by atoms with Gasteiger partial charge in [-0.25, -0.2) is 14.4 Å². The fourth-order valence-electron chi connectivity index (χ4n) is 3.74. The molecule has 154 valence electrons. The standard InChI is InChI=1S/C21H26FN5O2/c1-14-6-7-16(22)18(26-14)20(29)27-21(8-4-3-5-9-21)10-11-24-19(28)17-13-23-12-15(2)25-17/h6-7,12-13H,3-5,8-11H2,1-2H3,(H,24,28)(H,27,29). The SMILES string of the molecule is Cc1cncc(C(=O)NCCC2(NC(=O)c3nc(C)ccc3F)CCCCC2)n1. The third kappa shape index (κ3) is 5.34. The van der Waals surface area contributed by atoms with E-state index in [1.807, 2.05) is 0 Å². The number of aryl methyl sites for hydroxylation is 2. The summed E-state index contributed by atoms with van der Waals surface area (Å²) < 4.78 is 14.1. The lowest BCUT2D eigenvalue weighted by Crippen LogP contribution is -2.51. The van der Waals surface area contributed by atoms with Gasteiger partial charge >= 0.3 is 0 Å². The van der Waals surface area contributed by atoms with Crippen molar-refractivity contribution in [3.05, 3.63) is 53.1 Å². The van der Waals surface area contributed by atoms with Gasteiger partial charge in [0.25, 0.3) is 11.8 Å². The molecule has 0 unspecified atom stereocenters. The quantitative estimate of drug-likeness (QED) is 0.779. The number of carbonyl (C=O) groups excluding carboxylic acids is 2. The van der Waals surface area contributed by atoms with Crippen LogP contribution in [0.25, 0.3) is 0 Å². The van der Waals surface area contributed by atoms with Gasteiger partial charge < -0.3 is 10.6 Å². The second kappa shape index (κ2) is 9.07. The molecule has 1 saturated carbocycles. The highest BCUT2D eigenvalue weighted by Crippen LogP contribution is 2.31. The van der Waals surface area contributed by atoms with Gasteiger partial charge in [-0.2, -0.15) is 0 Å². The van der Waals surface area contributed by atoms with Crippen LogP contribution in [0.4, 0.5) is 4.39 Å². The number of hydrogen-bond donors (Lipinski definition) is 2. The number of pyridine rings is 1. The van der Waals surface area contributed by atoms with E-state index in [-0.39, 0.29) is 17.3 Å². The third-order valence-corrected chi connectivity index (χ3v) is 5.27. The zero-order valence-corrected chi connectivity index (χ0v) is 16.8. The van der Waals surface area contributed by atoms with E-state index >= 15 is 0 Å². The maximum atomic E-state index is 14.1. The number of rotatable bonds is 6. The molecular formula is C21H26FN5O2. The molecule has 1 fully saturated rings. The third-order valence-electron chi connectivity index (χ3n) is 5.27. The summed E-state index contributed by atoms with van der Waals surface area (Å²) >= 11 is 0. The Hall–Kier alpha value is -2.90. The van der Waals surface area contributed by atoms with Crippen LogP contribution in [0.2, 0.25) is 0 Å². The summed E-state index contributed by atoms with van der Waals surface area (Å²) in [5.74, 6) is -1.45. The predicted molar refractivity (Wildman–Crippen MR) is 106 cm³/mol. The number of hydrogen-bond acceptors (Lipinski definition) is 5. The van der Waals surface area contributed by atoms with E-state index in [9.17, 15) is 14.0 Å². The van der Waals surface area contributed by atoms with E-state index in [1.54, 1.807) is 20.0 Å². The molecule has 1 aliphatic carbocycles. The first-order valence-corrected chi connectivity index (χ1v) is 9.91. The maximum absolute atomic E-state index is 14.1. The normalized spacial score (nSPS) is 15.6.